The zero-order valence-corrected chi connectivity index (χ0v) is 24.5. The number of hydrogen-bond donors (Lipinski definition) is 0. The van der Waals surface area contributed by atoms with E-state index in [1.54, 1.807) is 0 Å². The summed E-state index contributed by atoms with van der Waals surface area (Å²) >= 11 is 6.15. The molecule has 2 rings (SSSR count). The van der Waals surface area contributed by atoms with Crippen molar-refractivity contribution in [3.05, 3.63) is 99.9 Å². The summed E-state index contributed by atoms with van der Waals surface area (Å²) in [5.74, 6) is 0.542. The number of rotatable bonds is 10. The molecule has 0 radical (unpaired) electrons. The zero-order valence-electron chi connectivity index (χ0n) is 23.7. The second-order valence-corrected chi connectivity index (χ2v) is 10.5. The molecule has 0 fully saturated rings. The molecule has 1 atom stereocenters. The fourth-order valence-corrected chi connectivity index (χ4v) is 4.19. The van der Waals surface area contributed by atoms with Gasteiger partial charge in [-0.3, -0.25) is 9.88 Å². The van der Waals surface area contributed by atoms with Gasteiger partial charge < -0.3 is 0 Å². The Morgan fingerprint density at radius 1 is 1.06 bits per heavy atom. The van der Waals surface area contributed by atoms with Crippen LogP contribution in [0.15, 0.2) is 78.0 Å². The summed E-state index contributed by atoms with van der Waals surface area (Å²) in [6, 6.07) is 12.9. The number of hydrogen-bond acceptors (Lipinski definition) is 2. The van der Waals surface area contributed by atoms with Crippen molar-refractivity contribution in [2.24, 2.45) is 5.92 Å². The lowest BCUT2D eigenvalue weighted by molar-refractivity contribution is 0.171. The minimum absolute atomic E-state index is 0.175. The topological polar surface area (TPSA) is 16.1 Å². The van der Waals surface area contributed by atoms with Crippen molar-refractivity contribution in [1.82, 2.24) is 9.88 Å². The molecule has 1 heterocycles. The van der Waals surface area contributed by atoms with Gasteiger partial charge in [-0.15, -0.1) is 0 Å². The van der Waals surface area contributed by atoms with Crippen molar-refractivity contribution < 1.29 is 0 Å². The predicted octanol–water partition coefficient (Wildman–Crippen LogP) is 9.40. The van der Waals surface area contributed by atoms with Gasteiger partial charge in [-0.05, 0) is 62.9 Å². The van der Waals surface area contributed by atoms with Crippen LogP contribution in [0.25, 0.3) is 0 Å². The van der Waals surface area contributed by atoms with Crippen LogP contribution in [-0.4, -0.2) is 22.5 Å². The summed E-state index contributed by atoms with van der Waals surface area (Å²) in [5, 5.41) is 0.760. The van der Waals surface area contributed by atoms with Gasteiger partial charge in [0.05, 0.1) is 5.69 Å². The predicted molar refractivity (Wildman–Crippen MR) is 156 cm³/mol. The molecule has 0 aliphatic carbocycles. The van der Waals surface area contributed by atoms with Crippen molar-refractivity contribution >= 4 is 11.6 Å². The first-order valence-corrected chi connectivity index (χ1v) is 13.3. The lowest BCUT2D eigenvalue weighted by Crippen LogP contribution is -2.38. The number of benzene rings is 1. The first-order chi connectivity index (χ1) is 16.5. The van der Waals surface area contributed by atoms with Crippen LogP contribution in [-0.2, 0) is 12.0 Å². The molecular weight excluding hydrogens is 448 g/mol. The molecule has 35 heavy (non-hydrogen) atoms. The summed E-state index contributed by atoms with van der Waals surface area (Å²) < 4.78 is 0. The van der Waals surface area contributed by atoms with Gasteiger partial charge in [-0.1, -0.05) is 107 Å². The van der Waals surface area contributed by atoms with E-state index in [1.165, 1.54) is 27.8 Å². The van der Waals surface area contributed by atoms with E-state index in [0.29, 0.717) is 12.0 Å². The van der Waals surface area contributed by atoms with Crippen LogP contribution >= 0.6 is 11.6 Å². The third-order valence-corrected chi connectivity index (χ3v) is 7.15. The van der Waals surface area contributed by atoms with Crippen LogP contribution in [0.4, 0.5) is 0 Å². The van der Waals surface area contributed by atoms with E-state index in [2.05, 4.69) is 91.1 Å². The first kappa shape index (κ1) is 30.9. The van der Waals surface area contributed by atoms with Crippen LogP contribution in [0, 0.1) is 5.92 Å². The molecule has 0 aliphatic rings. The fourth-order valence-electron chi connectivity index (χ4n) is 4.07. The Hall–Kier alpha value is -2.16. The Labute approximate surface area is 220 Å². The number of halogens is 1. The molecule has 2 nitrogen and oxygen atoms in total. The molecule has 192 valence electrons. The fraction of sp³-hybridized carbons (Fsp3) is 0.469. The second kappa shape index (κ2) is 14.4. The molecule has 0 amide bonds. The zero-order chi connectivity index (χ0) is 26.8. The molecule has 0 N–H and O–H groups in total. The van der Waals surface area contributed by atoms with Gasteiger partial charge in [-0.2, -0.15) is 0 Å². The van der Waals surface area contributed by atoms with Crippen LogP contribution in [0.5, 0.6) is 0 Å². The standard InChI is InChI=1S/C30H41ClN2.C2H6/c1-10-22(4)18-23(5)24(6)19-33(25(7)21(2)3)20-29-28(12-11-17-32-29)30(8,9)26-13-15-27(31)16-14-26;1-2/h10-18,21,25H,1,19-20H2,2-9H3;1-2H3/b22-18-,24-23+;. The number of pyridine rings is 1. The highest BCUT2D eigenvalue weighted by molar-refractivity contribution is 6.30. The SMILES string of the molecule is C=C/C(C)=C\C(C)=C(/C)CN(Cc1ncccc1C(C)(C)c1ccc(Cl)cc1)C(C)C(C)C.CC. The van der Waals surface area contributed by atoms with E-state index < -0.39 is 0 Å². The summed E-state index contributed by atoms with van der Waals surface area (Å²) in [7, 11) is 0. The number of nitrogens with zero attached hydrogens (tertiary/aromatic N) is 2. The second-order valence-electron chi connectivity index (χ2n) is 10.1. The van der Waals surface area contributed by atoms with Gasteiger partial charge in [0, 0.05) is 35.8 Å². The largest absolute Gasteiger partial charge is 0.291 e. The van der Waals surface area contributed by atoms with Crippen LogP contribution < -0.4 is 0 Å². The Kier molecular flexibility index (Phi) is 12.7. The maximum atomic E-state index is 6.15. The molecule has 0 saturated heterocycles. The summed E-state index contributed by atoms with van der Waals surface area (Å²) in [5.41, 5.74) is 7.32. The van der Waals surface area contributed by atoms with Crippen molar-refractivity contribution in [3.63, 3.8) is 0 Å². The molecule has 1 aromatic carbocycles. The highest BCUT2D eigenvalue weighted by Gasteiger charge is 2.28. The number of aromatic nitrogens is 1. The Balaban J connectivity index is 0.00000298. The van der Waals surface area contributed by atoms with Gasteiger partial charge in [0.2, 0.25) is 0 Å². The Morgan fingerprint density at radius 2 is 1.66 bits per heavy atom. The minimum atomic E-state index is -0.175. The van der Waals surface area contributed by atoms with Gasteiger partial charge in [0.15, 0.2) is 0 Å². The van der Waals surface area contributed by atoms with E-state index in [9.17, 15) is 0 Å². The maximum absolute atomic E-state index is 6.15. The maximum Gasteiger partial charge on any atom is 0.0584 e. The molecule has 0 bridgehead atoms. The molecule has 1 unspecified atom stereocenters. The van der Waals surface area contributed by atoms with E-state index in [1.807, 2.05) is 44.3 Å². The average molecular weight is 495 g/mol. The van der Waals surface area contributed by atoms with E-state index >= 15 is 0 Å². The van der Waals surface area contributed by atoms with Crippen LogP contribution in [0.3, 0.4) is 0 Å². The van der Waals surface area contributed by atoms with Crippen LogP contribution in [0.2, 0.25) is 5.02 Å². The molecule has 0 spiro atoms. The van der Waals surface area contributed by atoms with E-state index in [-0.39, 0.29) is 5.41 Å². The summed E-state index contributed by atoms with van der Waals surface area (Å²) in [6.45, 7) is 27.6. The Bertz CT molecular complexity index is 996. The third kappa shape index (κ3) is 8.78. The summed E-state index contributed by atoms with van der Waals surface area (Å²) in [4.78, 5) is 7.43. The van der Waals surface area contributed by atoms with E-state index in [4.69, 9.17) is 16.6 Å². The van der Waals surface area contributed by atoms with Gasteiger partial charge in [0.1, 0.15) is 0 Å². The normalized spacial score (nSPS) is 13.8. The quantitative estimate of drug-likeness (QED) is 0.306. The molecular formula is C32H47ClN2. The van der Waals surface area contributed by atoms with Crippen molar-refractivity contribution in [2.45, 2.75) is 87.2 Å². The number of allylic oxidation sites excluding steroid dienone is 4. The smallest absolute Gasteiger partial charge is 0.0584 e. The molecule has 2 aromatic rings. The molecule has 0 aliphatic heterocycles. The van der Waals surface area contributed by atoms with Crippen molar-refractivity contribution in [2.75, 3.05) is 6.54 Å². The third-order valence-electron chi connectivity index (χ3n) is 6.90. The first-order valence-electron chi connectivity index (χ1n) is 12.9. The minimum Gasteiger partial charge on any atom is -0.291 e. The van der Waals surface area contributed by atoms with Gasteiger partial charge >= 0.3 is 0 Å². The highest BCUT2D eigenvalue weighted by Crippen LogP contribution is 2.34. The monoisotopic (exact) mass is 494 g/mol. The van der Waals surface area contributed by atoms with E-state index in [0.717, 1.165) is 23.8 Å². The molecule has 0 saturated carbocycles. The van der Waals surface area contributed by atoms with Gasteiger partial charge in [0.25, 0.3) is 0 Å². The lowest BCUT2D eigenvalue weighted by Gasteiger charge is -2.34. The van der Waals surface area contributed by atoms with Crippen LogP contribution in [0.1, 0.15) is 86.1 Å². The molecule has 3 heteroatoms. The van der Waals surface area contributed by atoms with Crippen molar-refractivity contribution in [1.29, 1.82) is 0 Å². The lowest BCUT2D eigenvalue weighted by atomic mass is 9.77. The highest BCUT2D eigenvalue weighted by atomic mass is 35.5. The van der Waals surface area contributed by atoms with Crippen molar-refractivity contribution in [3.8, 4) is 0 Å². The average Bonchev–Trinajstić information content (AvgIpc) is 2.84. The summed E-state index contributed by atoms with van der Waals surface area (Å²) in [6.07, 6.45) is 6.04. The molecule has 1 aromatic heterocycles. The van der Waals surface area contributed by atoms with Gasteiger partial charge in [-0.25, -0.2) is 0 Å². The Morgan fingerprint density at radius 3 is 2.20 bits per heavy atom.